The second-order valence-corrected chi connectivity index (χ2v) is 4.88. The predicted molar refractivity (Wildman–Crippen MR) is 73.4 cm³/mol. The van der Waals surface area contributed by atoms with Crippen molar-refractivity contribution in [1.82, 2.24) is 0 Å². The van der Waals surface area contributed by atoms with Crippen molar-refractivity contribution in [3.8, 4) is 5.75 Å². The Morgan fingerprint density at radius 3 is 2.48 bits per heavy atom. The number of rotatable bonds is 3. The van der Waals surface area contributed by atoms with Gasteiger partial charge in [-0.15, -0.1) is 13.2 Å². The summed E-state index contributed by atoms with van der Waals surface area (Å²) in [6, 6.07) is 10.3. The van der Waals surface area contributed by atoms with Gasteiger partial charge < -0.3 is 9.84 Å². The Morgan fingerprint density at radius 2 is 1.81 bits per heavy atom. The number of hydrogen-bond acceptors (Lipinski definition) is 2. The van der Waals surface area contributed by atoms with E-state index in [1.165, 1.54) is 18.2 Å². The number of ether oxygens (including phenoxy) is 1. The summed E-state index contributed by atoms with van der Waals surface area (Å²) in [5.41, 5.74) is 1.47. The molecule has 0 fully saturated rings. The van der Waals surface area contributed by atoms with Gasteiger partial charge in [-0.3, -0.25) is 0 Å². The molecule has 2 aromatic carbocycles. The summed E-state index contributed by atoms with van der Waals surface area (Å²) in [5.74, 6) is -0.386. The van der Waals surface area contributed by atoms with E-state index < -0.39 is 12.5 Å². The van der Waals surface area contributed by atoms with Crippen LogP contribution in [-0.2, 0) is 0 Å². The fourth-order valence-electron chi connectivity index (χ4n) is 1.94. The summed E-state index contributed by atoms with van der Waals surface area (Å²) in [4.78, 5) is 0. The normalized spacial score (nSPS) is 13.0. The Kier molecular flexibility index (Phi) is 4.44. The van der Waals surface area contributed by atoms with Crippen molar-refractivity contribution < 1.29 is 23.0 Å². The number of halogens is 4. The minimum atomic E-state index is -4.77. The van der Waals surface area contributed by atoms with Crippen molar-refractivity contribution >= 4 is 11.6 Å². The van der Waals surface area contributed by atoms with Crippen LogP contribution in [0.5, 0.6) is 5.75 Å². The van der Waals surface area contributed by atoms with Crippen LogP contribution in [0.25, 0.3) is 0 Å². The van der Waals surface area contributed by atoms with Crippen LogP contribution in [0, 0.1) is 6.92 Å². The van der Waals surface area contributed by atoms with E-state index in [1.807, 2.05) is 0 Å². The largest absolute Gasteiger partial charge is 0.573 e. The van der Waals surface area contributed by atoms with Crippen molar-refractivity contribution in [2.45, 2.75) is 19.4 Å². The zero-order chi connectivity index (χ0) is 15.6. The number of benzene rings is 2. The molecule has 0 radical (unpaired) electrons. The topological polar surface area (TPSA) is 29.5 Å². The highest BCUT2D eigenvalue weighted by Gasteiger charge is 2.31. The lowest BCUT2D eigenvalue weighted by Gasteiger charge is -2.16. The van der Waals surface area contributed by atoms with Gasteiger partial charge in [0.2, 0.25) is 0 Å². The van der Waals surface area contributed by atoms with Crippen LogP contribution in [0.4, 0.5) is 13.2 Å². The molecule has 0 amide bonds. The Hall–Kier alpha value is -1.72. The average molecular weight is 317 g/mol. The molecule has 2 nitrogen and oxygen atoms in total. The van der Waals surface area contributed by atoms with Gasteiger partial charge in [0.1, 0.15) is 11.9 Å². The third-order valence-corrected chi connectivity index (χ3v) is 3.44. The van der Waals surface area contributed by atoms with Crippen molar-refractivity contribution in [3.63, 3.8) is 0 Å². The smallest absolute Gasteiger partial charge is 0.406 e. The molecule has 0 saturated heterocycles. The first kappa shape index (κ1) is 15.7. The molecule has 0 aliphatic carbocycles. The van der Waals surface area contributed by atoms with Crippen LogP contribution < -0.4 is 4.74 Å². The number of alkyl halides is 3. The zero-order valence-electron chi connectivity index (χ0n) is 11.0. The molecule has 6 heteroatoms. The maximum absolute atomic E-state index is 12.2. The molecule has 0 aliphatic rings. The maximum atomic E-state index is 12.2. The van der Waals surface area contributed by atoms with Gasteiger partial charge in [0.05, 0.1) is 0 Å². The summed E-state index contributed by atoms with van der Waals surface area (Å²) in [6.07, 6.45) is -5.90. The van der Waals surface area contributed by atoms with Gasteiger partial charge in [0, 0.05) is 10.6 Å². The van der Waals surface area contributed by atoms with Gasteiger partial charge in [-0.05, 0) is 30.2 Å². The molecular formula is C15H12ClF3O2. The Labute approximate surface area is 124 Å². The van der Waals surface area contributed by atoms with Gasteiger partial charge in [-0.25, -0.2) is 0 Å². The van der Waals surface area contributed by atoms with Crippen LogP contribution in [0.3, 0.4) is 0 Å². The van der Waals surface area contributed by atoms with Crippen LogP contribution in [0.2, 0.25) is 5.02 Å². The van der Waals surface area contributed by atoms with E-state index in [0.29, 0.717) is 10.6 Å². The molecular weight excluding hydrogens is 305 g/mol. The van der Waals surface area contributed by atoms with Crippen molar-refractivity contribution in [3.05, 3.63) is 64.2 Å². The fraction of sp³-hybridized carbons (Fsp3) is 0.200. The third kappa shape index (κ3) is 3.89. The van der Waals surface area contributed by atoms with Crippen LogP contribution >= 0.6 is 11.6 Å². The van der Waals surface area contributed by atoms with Crippen LogP contribution in [0.1, 0.15) is 22.8 Å². The molecule has 1 unspecified atom stereocenters. The lowest BCUT2D eigenvalue weighted by atomic mass is 10.00. The van der Waals surface area contributed by atoms with Crippen molar-refractivity contribution in [2.75, 3.05) is 0 Å². The quantitative estimate of drug-likeness (QED) is 0.894. The van der Waals surface area contributed by atoms with E-state index in [4.69, 9.17) is 11.6 Å². The second kappa shape index (κ2) is 5.95. The molecule has 0 aliphatic heterocycles. The lowest BCUT2D eigenvalue weighted by molar-refractivity contribution is -0.274. The maximum Gasteiger partial charge on any atom is 0.573 e. The summed E-state index contributed by atoms with van der Waals surface area (Å²) in [5, 5.41) is 10.7. The molecule has 21 heavy (non-hydrogen) atoms. The molecule has 2 rings (SSSR count). The SMILES string of the molecule is Cc1cccc(C(O)c2cccc(OC(F)(F)F)c2)c1Cl. The minimum Gasteiger partial charge on any atom is -0.406 e. The Bertz CT molecular complexity index is 641. The highest BCUT2D eigenvalue weighted by Crippen LogP contribution is 2.32. The Balaban J connectivity index is 2.33. The van der Waals surface area contributed by atoms with E-state index in [1.54, 1.807) is 25.1 Å². The summed E-state index contributed by atoms with van der Waals surface area (Å²) in [7, 11) is 0. The van der Waals surface area contributed by atoms with Gasteiger partial charge in [-0.2, -0.15) is 0 Å². The second-order valence-electron chi connectivity index (χ2n) is 4.50. The van der Waals surface area contributed by atoms with Gasteiger partial charge in [0.15, 0.2) is 0 Å². The fourth-order valence-corrected chi connectivity index (χ4v) is 2.17. The van der Waals surface area contributed by atoms with Gasteiger partial charge in [-0.1, -0.05) is 41.9 Å². The standard InChI is InChI=1S/C15H12ClF3O2/c1-9-4-2-7-12(13(9)16)14(20)10-5-3-6-11(8-10)21-15(17,18)19/h2-8,14,20H,1H3. The monoisotopic (exact) mass is 316 g/mol. The Morgan fingerprint density at radius 1 is 1.14 bits per heavy atom. The number of aliphatic hydroxyl groups excluding tert-OH is 1. The highest BCUT2D eigenvalue weighted by atomic mass is 35.5. The molecule has 0 aromatic heterocycles. The molecule has 0 saturated carbocycles. The lowest BCUT2D eigenvalue weighted by Crippen LogP contribution is -2.17. The molecule has 0 bridgehead atoms. The molecule has 0 heterocycles. The summed E-state index contributed by atoms with van der Waals surface area (Å²) < 4.78 is 40.5. The third-order valence-electron chi connectivity index (χ3n) is 2.92. The molecule has 1 atom stereocenters. The minimum absolute atomic E-state index is 0.268. The highest BCUT2D eigenvalue weighted by molar-refractivity contribution is 6.32. The first-order valence-corrected chi connectivity index (χ1v) is 6.44. The van der Waals surface area contributed by atoms with Crippen molar-refractivity contribution in [2.24, 2.45) is 0 Å². The summed E-state index contributed by atoms with van der Waals surface area (Å²) >= 11 is 6.11. The van der Waals surface area contributed by atoms with E-state index >= 15 is 0 Å². The van der Waals surface area contributed by atoms with Gasteiger partial charge >= 0.3 is 6.36 Å². The first-order valence-electron chi connectivity index (χ1n) is 6.07. The zero-order valence-corrected chi connectivity index (χ0v) is 11.7. The van der Waals surface area contributed by atoms with E-state index in [2.05, 4.69) is 4.74 Å². The molecule has 1 N–H and O–H groups in total. The van der Waals surface area contributed by atoms with Crippen LogP contribution in [0.15, 0.2) is 42.5 Å². The van der Waals surface area contributed by atoms with Gasteiger partial charge in [0.25, 0.3) is 0 Å². The molecule has 2 aromatic rings. The van der Waals surface area contributed by atoms with E-state index in [9.17, 15) is 18.3 Å². The van der Waals surface area contributed by atoms with Crippen LogP contribution in [-0.4, -0.2) is 11.5 Å². The number of aryl methyl sites for hydroxylation is 1. The molecule has 0 spiro atoms. The van der Waals surface area contributed by atoms with E-state index in [0.717, 1.165) is 11.6 Å². The average Bonchev–Trinajstić information content (AvgIpc) is 2.39. The first-order chi connectivity index (χ1) is 9.78. The molecule has 112 valence electrons. The van der Waals surface area contributed by atoms with E-state index in [-0.39, 0.29) is 11.3 Å². The summed E-state index contributed by atoms with van der Waals surface area (Å²) in [6.45, 7) is 1.78. The number of hydrogen-bond donors (Lipinski definition) is 1. The predicted octanol–water partition coefficient (Wildman–Crippen LogP) is 4.63. The number of aliphatic hydroxyl groups is 1. The van der Waals surface area contributed by atoms with Crippen molar-refractivity contribution in [1.29, 1.82) is 0 Å².